The van der Waals surface area contributed by atoms with Crippen molar-refractivity contribution in [3.8, 4) is 0 Å². The molecule has 1 saturated heterocycles. The Kier molecular flexibility index (Phi) is 4.41. The van der Waals surface area contributed by atoms with E-state index in [0.717, 1.165) is 38.9 Å². The molecule has 0 atom stereocenters. The molecule has 0 aliphatic carbocycles. The highest BCUT2D eigenvalue weighted by Crippen LogP contribution is 2.22. The first kappa shape index (κ1) is 14.3. The predicted octanol–water partition coefficient (Wildman–Crippen LogP) is 3.19. The average molecular weight is 259 g/mol. The lowest BCUT2D eigenvalue weighted by Crippen LogP contribution is -2.35. The number of nitrogens with zero attached hydrogens (tertiary/aromatic N) is 1. The van der Waals surface area contributed by atoms with Crippen LogP contribution in [0, 0.1) is 0 Å². The van der Waals surface area contributed by atoms with Gasteiger partial charge in [0.1, 0.15) is 5.78 Å². The smallest absolute Gasteiger partial charge is 0.135 e. The van der Waals surface area contributed by atoms with Crippen molar-refractivity contribution in [2.75, 3.05) is 19.6 Å². The van der Waals surface area contributed by atoms with Gasteiger partial charge in [0, 0.05) is 32.5 Å². The van der Waals surface area contributed by atoms with E-state index in [2.05, 4.69) is 49.9 Å². The van der Waals surface area contributed by atoms with E-state index >= 15 is 0 Å². The fourth-order valence-electron chi connectivity index (χ4n) is 2.48. The molecule has 0 amide bonds. The van der Waals surface area contributed by atoms with E-state index in [-0.39, 0.29) is 5.41 Å². The summed E-state index contributed by atoms with van der Waals surface area (Å²) in [7, 11) is 0. The quantitative estimate of drug-likeness (QED) is 0.831. The Morgan fingerprint density at radius 3 is 2.16 bits per heavy atom. The number of rotatable bonds is 3. The van der Waals surface area contributed by atoms with Crippen molar-refractivity contribution in [3.05, 3.63) is 35.4 Å². The fraction of sp³-hybridized carbons (Fsp3) is 0.588. The number of carbonyl (C=O) groups excluding carboxylic acids is 1. The number of benzene rings is 1. The number of carbonyl (C=O) groups is 1. The Morgan fingerprint density at radius 1 is 1.05 bits per heavy atom. The number of hydrogen-bond acceptors (Lipinski definition) is 2. The first-order chi connectivity index (χ1) is 8.95. The maximum Gasteiger partial charge on any atom is 0.135 e. The fourth-order valence-corrected chi connectivity index (χ4v) is 2.48. The topological polar surface area (TPSA) is 20.3 Å². The summed E-state index contributed by atoms with van der Waals surface area (Å²) in [6.07, 6.45) is 2.56. The van der Waals surface area contributed by atoms with Crippen molar-refractivity contribution in [2.24, 2.45) is 0 Å². The van der Waals surface area contributed by atoms with E-state index in [1.54, 1.807) is 0 Å². The van der Waals surface area contributed by atoms with Gasteiger partial charge in [-0.25, -0.2) is 0 Å². The van der Waals surface area contributed by atoms with Gasteiger partial charge in [0.15, 0.2) is 0 Å². The lowest BCUT2D eigenvalue weighted by atomic mass is 9.86. The lowest BCUT2D eigenvalue weighted by Gasteiger charge is -2.25. The summed E-state index contributed by atoms with van der Waals surface area (Å²) in [4.78, 5) is 13.6. The third-order valence-corrected chi connectivity index (χ3v) is 3.95. The van der Waals surface area contributed by atoms with Crippen LogP contribution in [0.3, 0.4) is 0 Å². The number of ketones is 1. The van der Waals surface area contributed by atoms with Crippen molar-refractivity contribution < 1.29 is 4.79 Å². The number of piperidine rings is 1. The molecule has 0 spiro atoms. The summed E-state index contributed by atoms with van der Waals surface area (Å²) < 4.78 is 0. The highest BCUT2D eigenvalue weighted by atomic mass is 16.1. The Morgan fingerprint density at radius 2 is 1.63 bits per heavy atom. The van der Waals surface area contributed by atoms with E-state index in [1.807, 2.05) is 0 Å². The van der Waals surface area contributed by atoms with Crippen LogP contribution >= 0.6 is 0 Å². The van der Waals surface area contributed by atoms with Gasteiger partial charge >= 0.3 is 0 Å². The highest BCUT2D eigenvalue weighted by Gasteiger charge is 2.16. The predicted molar refractivity (Wildman–Crippen MR) is 79.5 cm³/mol. The molecule has 0 bridgehead atoms. The molecule has 0 unspecified atom stereocenters. The van der Waals surface area contributed by atoms with Crippen LogP contribution in [0.25, 0.3) is 0 Å². The summed E-state index contributed by atoms with van der Waals surface area (Å²) in [5.41, 5.74) is 3.01. The van der Waals surface area contributed by atoms with E-state index in [0.29, 0.717) is 5.78 Å². The molecule has 2 nitrogen and oxygen atoms in total. The zero-order chi connectivity index (χ0) is 13.9. The largest absolute Gasteiger partial charge is 0.302 e. The summed E-state index contributed by atoms with van der Waals surface area (Å²) in [5, 5.41) is 0. The van der Waals surface area contributed by atoms with Crippen molar-refractivity contribution in [1.29, 1.82) is 0 Å². The molecule has 0 aromatic heterocycles. The molecule has 0 radical (unpaired) electrons. The lowest BCUT2D eigenvalue weighted by molar-refractivity contribution is -0.121. The minimum Gasteiger partial charge on any atom is -0.302 e. The maximum absolute atomic E-state index is 11.2. The molecule has 1 fully saturated rings. The van der Waals surface area contributed by atoms with E-state index in [4.69, 9.17) is 0 Å². The van der Waals surface area contributed by atoms with Gasteiger partial charge in [-0.3, -0.25) is 4.79 Å². The summed E-state index contributed by atoms with van der Waals surface area (Å²) in [6.45, 7) is 9.69. The molecule has 0 saturated carbocycles. The SMILES string of the molecule is CC(C)(C)c1ccc(CCN2CCC(=O)CC2)cc1. The van der Waals surface area contributed by atoms with Gasteiger partial charge in [-0.1, -0.05) is 45.0 Å². The first-order valence-corrected chi connectivity index (χ1v) is 7.28. The molecule has 1 aromatic rings. The highest BCUT2D eigenvalue weighted by molar-refractivity contribution is 5.79. The molecule has 2 rings (SSSR count). The molecule has 1 aliphatic rings. The van der Waals surface area contributed by atoms with Crippen molar-refractivity contribution in [3.63, 3.8) is 0 Å². The zero-order valence-electron chi connectivity index (χ0n) is 12.4. The third-order valence-electron chi connectivity index (χ3n) is 3.95. The number of hydrogen-bond donors (Lipinski definition) is 0. The van der Waals surface area contributed by atoms with E-state index in [9.17, 15) is 4.79 Å². The van der Waals surface area contributed by atoms with Gasteiger partial charge in [-0.05, 0) is 23.0 Å². The van der Waals surface area contributed by atoms with Gasteiger partial charge < -0.3 is 4.90 Å². The zero-order valence-corrected chi connectivity index (χ0v) is 12.4. The minimum absolute atomic E-state index is 0.228. The second-order valence-corrected chi connectivity index (χ2v) is 6.58. The molecule has 104 valence electrons. The Balaban J connectivity index is 1.85. The minimum atomic E-state index is 0.228. The monoisotopic (exact) mass is 259 g/mol. The molecule has 1 aliphatic heterocycles. The molecular weight excluding hydrogens is 234 g/mol. The van der Waals surface area contributed by atoms with Crippen LogP contribution in [-0.4, -0.2) is 30.3 Å². The Bertz CT molecular complexity index is 418. The van der Waals surface area contributed by atoms with Crippen LogP contribution in [0.15, 0.2) is 24.3 Å². The molecule has 2 heteroatoms. The maximum atomic E-state index is 11.2. The molecule has 0 N–H and O–H groups in total. The van der Waals surface area contributed by atoms with Crippen LogP contribution < -0.4 is 0 Å². The van der Waals surface area contributed by atoms with Gasteiger partial charge in [-0.2, -0.15) is 0 Å². The van der Waals surface area contributed by atoms with Gasteiger partial charge in [0.2, 0.25) is 0 Å². The Hall–Kier alpha value is -1.15. The van der Waals surface area contributed by atoms with Crippen LogP contribution in [0.2, 0.25) is 0 Å². The standard InChI is InChI=1S/C17H25NO/c1-17(2,3)15-6-4-14(5-7-15)8-11-18-12-9-16(19)10-13-18/h4-7H,8-13H2,1-3H3. The first-order valence-electron chi connectivity index (χ1n) is 7.28. The third kappa shape index (κ3) is 4.17. The Labute approximate surface area is 116 Å². The van der Waals surface area contributed by atoms with Crippen LogP contribution in [0.4, 0.5) is 0 Å². The van der Waals surface area contributed by atoms with Gasteiger partial charge in [-0.15, -0.1) is 0 Å². The van der Waals surface area contributed by atoms with Crippen molar-refractivity contribution in [2.45, 2.75) is 45.4 Å². The summed E-state index contributed by atoms with van der Waals surface area (Å²) >= 11 is 0. The van der Waals surface area contributed by atoms with Crippen LogP contribution in [0.1, 0.15) is 44.7 Å². The number of likely N-dealkylation sites (tertiary alicyclic amines) is 1. The second kappa shape index (κ2) is 5.87. The van der Waals surface area contributed by atoms with Crippen molar-refractivity contribution >= 4 is 5.78 Å². The molecule has 1 aromatic carbocycles. The second-order valence-electron chi connectivity index (χ2n) is 6.58. The number of Topliss-reactive ketones (excluding diaryl/α,β-unsaturated/α-hetero) is 1. The summed E-state index contributed by atoms with van der Waals surface area (Å²) in [5.74, 6) is 0.422. The average Bonchev–Trinajstić information content (AvgIpc) is 2.37. The van der Waals surface area contributed by atoms with Crippen LogP contribution in [-0.2, 0) is 16.6 Å². The van der Waals surface area contributed by atoms with Crippen molar-refractivity contribution in [1.82, 2.24) is 4.90 Å². The molecule has 1 heterocycles. The summed E-state index contributed by atoms with van der Waals surface area (Å²) in [6, 6.07) is 8.98. The van der Waals surface area contributed by atoms with E-state index in [1.165, 1.54) is 11.1 Å². The normalized spacial score (nSPS) is 17.7. The van der Waals surface area contributed by atoms with Gasteiger partial charge in [0.05, 0.1) is 0 Å². The molecular formula is C17H25NO. The molecule has 19 heavy (non-hydrogen) atoms. The van der Waals surface area contributed by atoms with Gasteiger partial charge in [0.25, 0.3) is 0 Å². The van der Waals surface area contributed by atoms with Crippen LogP contribution in [0.5, 0.6) is 0 Å². The van der Waals surface area contributed by atoms with E-state index < -0.39 is 0 Å².